The fourth-order valence-electron chi connectivity index (χ4n) is 0.788. The van der Waals surface area contributed by atoms with Crippen LogP contribution < -0.4 is 0 Å². The Morgan fingerprint density at radius 2 is 1.54 bits per heavy atom. The molecular formula is C11H10FeO-2. The van der Waals surface area contributed by atoms with Crippen molar-refractivity contribution in [2.75, 3.05) is 0 Å². The zero-order valence-corrected chi connectivity index (χ0v) is 8.14. The standard InChI is InChI=1S/C6H5O.C5H5.Fe/c7-5-6-3-1-2-4-6;1-2-4-5-3-1;/h1-5H;1-5H;/q2*-1;. The van der Waals surface area contributed by atoms with Crippen LogP contribution in [-0.4, -0.2) is 6.29 Å². The average Bonchev–Trinajstić information content (AvgIpc) is 2.81. The number of carbonyl (C=O) groups excluding carboxylic acids is 1. The smallest absolute Gasteiger partial charge is 0.0949 e. The molecule has 0 bridgehead atoms. The van der Waals surface area contributed by atoms with E-state index in [1.807, 2.05) is 42.5 Å². The molecule has 2 heteroatoms. The van der Waals surface area contributed by atoms with Crippen LogP contribution in [0.2, 0.25) is 0 Å². The van der Waals surface area contributed by atoms with Gasteiger partial charge in [-0.3, -0.25) is 0 Å². The third-order valence-corrected chi connectivity index (χ3v) is 1.38. The van der Waals surface area contributed by atoms with E-state index >= 15 is 0 Å². The molecule has 0 aliphatic heterocycles. The van der Waals surface area contributed by atoms with E-state index in [1.54, 1.807) is 12.1 Å². The van der Waals surface area contributed by atoms with Crippen LogP contribution in [0.1, 0.15) is 10.4 Å². The van der Waals surface area contributed by atoms with E-state index in [-0.39, 0.29) is 17.1 Å². The van der Waals surface area contributed by atoms with Crippen molar-refractivity contribution in [2.24, 2.45) is 0 Å². The average molecular weight is 214 g/mol. The molecule has 0 radical (unpaired) electrons. The minimum Gasteiger partial charge on any atom is -0.312 e. The second kappa shape index (κ2) is 7.53. The van der Waals surface area contributed by atoms with E-state index in [1.165, 1.54) is 0 Å². The molecule has 0 atom stereocenters. The van der Waals surface area contributed by atoms with Gasteiger partial charge in [-0.05, 0) is 0 Å². The molecule has 0 aliphatic carbocycles. The van der Waals surface area contributed by atoms with Gasteiger partial charge in [-0.2, -0.15) is 30.3 Å². The van der Waals surface area contributed by atoms with Crippen LogP contribution >= 0.6 is 0 Å². The molecule has 0 aliphatic rings. The van der Waals surface area contributed by atoms with Crippen LogP contribution in [0.25, 0.3) is 0 Å². The SMILES string of the molecule is O=C[c-]1cccc1.[Fe].c1cc[cH-]c1. The van der Waals surface area contributed by atoms with Gasteiger partial charge in [0.1, 0.15) is 0 Å². The normalized spacial score (nSPS) is 7.69. The molecule has 0 saturated heterocycles. The van der Waals surface area contributed by atoms with Crippen molar-refractivity contribution < 1.29 is 21.9 Å². The van der Waals surface area contributed by atoms with Gasteiger partial charge in [0, 0.05) is 17.1 Å². The van der Waals surface area contributed by atoms with Crippen LogP contribution in [0.15, 0.2) is 54.6 Å². The molecule has 0 amide bonds. The van der Waals surface area contributed by atoms with E-state index in [9.17, 15) is 4.79 Å². The summed E-state index contributed by atoms with van der Waals surface area (Å²) >= 11 is 0. The maximum atomic E-state index is 9.87. The maximum Gasteiger partial charge on any atom is 0.0949 e. The van der Waals surface area contributed by atoms with E-state index < -0.39 is 0 Å². The first kappa shape index (κ1) is 11.9. The molecule has 1 nitrogen and oxygen atoms in total. The molecule has 0 unspecified atom stereocenters. The van der Waals surface area contributed by atoms with Crippen LogP contribution in [0.5, 0.6) is 0 Å². The zero-order chi connectivity index (χ0) is 8.65. The van der Waals surface area contributed by atoms with E-state index in [4.69, 9.17) is 0 Å². The van der Waals surface area contributed by atoms with Gasteiger partial charge in [0.2, 0.25) is 0 Å². The summed E-state index contributed by atoms with van der Waals surface area (Å²) in [6, 6.07) is 17.2. The molecule has 0 N–H and O–H groups in total. The summed E-state index contributed by atoms with van der Waals surface area (Å²) in [6.45, 7) is 0. The molecule has 0 heterocycles. The number of aldehydes is 1. The van der Waals surface area contributed by atoms with Gasteiger partial charge in [-0.25, -0.2) is 24.3 Å². The molecular weight excluding hydrogens is 204 g/mol. The first-order valence-corrected chi connectivity index (χ1v) is 3.77. The Morgan fingerprint density at radius 3 is 1.77 bits per heavy atom. The molecule has 0 aromatic heterocycles. The predicted molar refractivity (Wildman–Crippen MR) is 49.5 cm³/mol. The molecule has 13 heavy (non-hydrogen) atoms. The molecule has 0 fully saturated rings. The van der Waals surface area contributed by atoms with E-state index in [2.05, 4.69) is 0 Å². The van der Waals surface area contributed by atoms with Crippen LogP contribution in [0.3, 0.4) is 0 Å². The summed E-state index contributed by atoms with van der Waals surface area (Å²) in [5.74, 6) is 0. The van der Waals surface area contributed by atoms with E-state index in [0.717, 1.165) is 11.8 Å². The molecule has 70 valence electrons. The molecule has 0 saturated carbocycles. The molecule has 2 aromatic rings. The summed E-state index contributed by atoms with van der Waals surface area (Å²) in [7, 11) is 0. The van der Waals surface area contributed by atoms with Gasteiger partial charge in [-0.15, -0.1) is 0 Å². The topological polar surface area (TPSA) is 17.1 Å². The summed E-state index contributed by atoms with van der Waals surface area (Å²) in [6.07, 6.45) is 0.833. The second-order valence-corrected chi connectivity index (χ2v) is 2.30. The van der Waals surface area contributed by atoms with Crippen molar-refractivity contribution in [2.45, 2.75) is 0 Å². The Bertz CT molecular complexity index is 265. The fraction of sp³-hybridized carbons (Fsp3) is 0. The second-order valence-electron chi connectivity index (χ2n) is 2.30. The van der Waals surface area contributed by atoms with Crippen molar-refractivity contribution in [3.8, 4) is 0 Å². The van der Waals surface area contributed by atoms with Gasteiger partial charge >= 0.3 is 0 Å². The third kappa shape index (κ3) is 5.18. The van der Waals surface area contributed by atoms with Crippen LogP contribution in [0.4, 0.5) is 0 Å². The first-order valence-electron chi connectivity index (χ1n) is 3.77. The van der Waals surface area contributed by atoms with Crippen molar-refractivity contribution >= 4 is 6.29 Å². The maximum absolute atomic E-state index is 9.87. The summed E-state index contributed by atoms with van der Waals surface area (Å²) in [5.41, 5.74) is 0.750. The van der Waals surface area contributed by atoms with Crippen molar-refractivity contribution in [1.82, 2.24) is 0 Å². The van der Waals surface area contributed by atoms with Gasteiger partial charge in [-0.1, -0.05) is 5.56 Å². The minimum atomic E-state index is 0. The Labute approximate surface area is 88.6 Å². The number of hydrogen-bond donors (Lipinski definition) is 0. The summed E-state index contributed by atoms with van der Waals surface area (Å²) in [5, 5.41) is 0. The number of rotatable bonds is 1. The monoisotopic (exact) mass is 214 g/mol. The molecule has 2 aromatic carbocycles. The van der Waals surface area contributed by atoms with E-state index in [0.29, 0.717) is 0 Å². The Balaban J connectivity index is 0.000000215. The Kier molecular flexibility index (Phi) is 6.89. The fourth-order valence-corrected chi connectivity index (χ4v) is 0.788. The van der Waals surface area contributed by atoms with Gasteiger partial charge in [0.25, 0.3) is 0 Å². The quantitative estimate of drug-likeness (QED) is 0.405. The molecule has 0 spiro atoms. The number of carbonyl (C=O) groups is 1. The van der Waals surface area contributed by atoms with Crippen molar-refractivity contribution in [3.63, 3.8) is 0 Å². The zero-order valence-electron chi connectivity index (χ0n) is 7.04. The van der Waals surface area contributed by atoms with Crippen molar-refractivity contribution in [1.29, 1.82) is 0 Å². The Hall–Kier alpha value is -1.11. The predicted octanol–water partition coefficient (Wildman–Crippen LogP) is 2.62. The minimum absolute atomic E-state index is 0. The Morgan fingerprint density at radius 1 is 1.00 bits per heavy atom. The number of hydrogen-bond acceptors (Lipinski definition) is 1. The third-order valence-electron chi connectivity index (χ3n) is 1.38. The summed E-state index contributed by atoms with van der Waals surface area (Å²) in [4.78, 5) is 9.87. The van der Waals surface area contributed by atoms with Gasteiger partial charge in [0.15, 0.2) is 0 Å². The summed E-state index contributed by atoms with van der Waals surface area (Å²) < 4.78 is 0. The molecule has 2 rings (SSSR count). The van der Waals surface area contributed by atoms with Crippen LogP contribution in [0, 0.1) is 0 Å². The van der Waals surface area contributed by atoms with Gasteiger partial charge < -0.3 is 4.79 Å². The van der Waals surface area contributed by atoms with Crippen molar-refractivity contribution in [3.05, 3.63) is 60.2 Å². The first-order chi connectivity index (χ1) is 5.93. The van der Waals surface area contributed by atoms with Crippen LogP contribution in [-0.2, 0) is 17.1 Å². The van der Waals surface area contributed by atoms with Gasteiger partial charge in [0.05, 0.1) is 6.29 Å². The largest absolute Gasteiger partial charge is 0.312 e.